The standard InChI is InChI=1S/C12H25N/c1-4-6-7-9-11(3)10-12(13)8-5-2/h5,11-12H,2,4,6-10,13H2,1,3H3. The Morgan fingerprint density at radius 2 is 2.08 bits per heavy atom. The highest BCUT2D eigenvalue weighted by atomic mass is 14.6. The van der Waals surface area contributed by atoms with Gasteiger partial charge in [-0.1, -0.05) is 45.6 Å². The molecule has 1 nitrogen and oxygen atoms in total. The van der Waals surface area contributed by atoms with Gasteiger partial charge in [0, 0.05) is 6.04 Å². The third-order valence-corrected chi connectivity index (χ3v) is 2.48. The Kier molecular flexibility index (Phi) is 8.11. The third-order valence-electron chi connectivity index (χ3n) is 2.48. The van der Waals surface area contributed by atoms with Gasteiger partial charge in [0.15, 0.2) is 0 Å². The molecule has 2 atom stereocenters. The third kappa shape index (κ3) is 8.04. The first kappa shape index (κ1) is 12.7. The number of hydrogen-bond acceptors (Lipinski definition) is 1. The maximum atomic E-state index is 5.92. The smallest absolute Gasteiger partial charge is 0.00758 e. The molecule has 0 spiro atoms. The van der Waals surface area contributed by atoms with E-state index < -0.39 is 0 Å². The largest absolute Gasteiger partial charge is 0.327 e. The van der Waals surface area contributed by atoms with Crippen LogP contribution in [-0.4, -0.2) is 6.04 Å². The van der Waals surface area contributed by atoms with Crippen molar-refractivity contribution in [2.75, 3.05) is 0 Å². The molecule has 0 aliphatic carbocycles. The summed E-state index contributed by atoms with van der Waals surface area (Å²) in [6.45, 7) is 8.25. The van der Waals surface area contributed by atoms with Gasteiger partial charge in [0.25, 0.3) is 0 Å². The van der Waals surface area contributed by atoms with Crippen LogP contribution in [0.15, 0.2) is 12.7 Å². The molecule has 2 unspecified atom stereocenters. The van der Waals surface area contributed by atoms with Crippen LogP contribution in [0.1, 0.15) is 52.4 Å². The molecule has 0 saturated carbocycles. The van der Waals surface area contributed by atoms with E-state index >= 15 is 0 Å². The second-order valence-electron chi connectivity index (χ2n) is 4.12. The van der Waals surface area contributed by atoms with Crippen LogP contribution < -0.4 is 5.73 Å². The van der Waals surface area contributed by atoms with Gasteiger partial charge in [0.1, 0.15) is 0 Å². The number of nitrogens with two attached hydrogens (primary N) is 1. The molecule has 0 heterocycles. The van der Waals surface area contributed by atoms with Gasteiger partial charge in [-0.2, -0.15) is 0 Å². The lowest BCUT2D eigenvalue weighted by molar-refractivity contribution is 0.421. The quantitative estimate of drug-likeness (QED) is 0.452. The molecule has 78 valence electrons. The Labute approximate surface area is 83.4 Å². The minimum Gasteiger partial charge on any atom is -0.327 e. The van der Waals surface area contributed by atoms with E-state index in [0.717, 1.165) is 18.8 Å². The highest BCUT2D eigenvalue weighted by Gasteiger charge is 2.06. The van der Waals surface area contributed by atoms with Crippen molar-refractivity contribution < 1.29 is 0 Å². The number of rotatable bonds is 8. The second-order valence-corrected chi connectivity index (χ2v) is 4.12. The van der Waals surface area contributed by atoms with Crippen molar-refractivity contribution in [3.05, 3.63) is 12.7 Å². The summed E-state index contributed by atoms with van der Waals surface area (Å²) in [5.41, 5.74) is 5.92. The fraction of sp³-hybridized carbons (Fsp3) is 0.833. The van der Waals surface area contributed by atoms with Gasteiger partial charge in [-0.3, -0.25) is 0 Å². The second kappa shape index (κ2) is 8.31. The number of hydrogen-bond donors (Lipinski definition) is 1. The summed E-state index contributed by atoms with van der Waals surface area (Å²) >= 11 is 0. The molecule has 13 heavy (non-hydrogen) atoms. The highest BCUT2D eigenvalue weighted by Crippen LogP contribution is 2.15. The molecule has 0 radical (unpaired) electrons. The summed E-state index contributed by atoms with van der Waals surface area (Å²) in [7, 11) is 0. The molecular weight excluding hydrogens is 158 g/mol. The minimum atomic E-state index is 0.328. The summed E-state index contributed by atoms with van der Waals surface area (Å²) in [6, 6.07) is 0.328. The summed E-state index contributed by atoms with van der Waals surface area (Å²) in [6.07, 6.45) is 9.39. The summed E-state index contributed by atoms with van der Waals surface area (Å²) < 4.78 is 0. The predicted molar refractivity (Wildman–Crippen MR) is 60.7 cm³/mol. The fourth-order valence-electron chi connectivity index (χ4n) is 1.69. The van der Waals surface area contributed by atoms with Crippen molar-refractivity contribution in [3.63, 3.8) is 0 Å². The van der Waals surface area contributed by atoms with Crippen molar-refractivity contribution in [1.82, 2.24) is 0 Å². The highest BCUT2D eigenvalue weighted by molar-refractivity contribution is 4.76. The van der Waals surface area contributed by atoms with Crippen LogP contribution in [0, 0.1) is 5.92 Å². The first-order valence-corrected chi connectivity index (χ1v) is 5.57. The zero-order valence-electron chi connectivity index (χ0n) is 9.26. The first-order valence-electron chi connectivity index (χ1n) is 5.57. The Morgan fingerprint density at radius 1 is 1.38 bits per heavy atom. The monoisotopic (exact) mass is 183 g/mol. The normalized spacial score (nSPS) is 15.3. The lowest BCUT2D eigenvalue weighted by atomic mass is 9.95. The first-order chi connectivity index (χ1) is 6.20. The van der Waals surface area contributed by atoms with Gasteiger partial charge in [-0.05, 0) is 18.8 Å². The molecule has 0 saturated heterocycles. The van der Waals surface area contributed by atoms with Crippen LogP contribution in [0.5, 0.6) is 0 Å². The van der Waals surface area contributed by atoms with Crippen LogP contribution >= 0.6 is 0 Å². The molecular formula is C12H25N. The van der Waals surface area contributed by atoms with Gasteiger partial charge in [-0.25, -0.2) is 0 Å². The van der Waals surface area contributed by atoms with Crippen LogP contribution in [-0.2, 0) is 0 Å². The molecule has 0 amide bonds. The average Bonchev–Trinajstić information content (AvgIpc) is 2.05. The Bertz CT molecular complexity index is 120. The summed E-state index contributed by atoms with van der Waals surface area (Å²) in [5, 5.41) is 0. The molecule has 0 aliphatic rings. The molecule has 0 aromatic rings. The van der Waals surface area contributed by atoms with Crippen molar-refractivity contribution in [1.29, 1.82) is 0 Å². The Morgan fingerprint density at radius 3 is 2.62 bits per heavy atom. The van der Waals surface area contributed by atoms with Gasteiger partial charge < -0.3 is 5.73 Å². The van der Waals surface area contributed by atoms with Gasteiger partial charge in [0.05, 0.1) is 0 Å². The van der Waals surface area contributed by atoms with Gasteiger partial charge in [-0.15, -0.1) is 6.58 Å². The fourth-order valence-corrected chi connectivity index (χ4v) is 1.69. The Hall–Kier alpha value is -0.300. The maximum Gasteiger partial charge on any atom is 0.00758 e. The lowest BCUT2D eigenvalue weighted by Crippen LogP contribution is -2.21. The van der Waals surface area contributed by atoms with E-state index in [-0.39, 0.29) is 0 Å². The topological polar surface area (TPSA) is 26.0 Å². The zero-order chi connectivity index (χ0) is 10.1. The zero-order valence-corrected chi connectivity index (χ0v) is 9.26. The summed E-state index contributed by atoms with van der Waals surface area (Å²) in [4.78, 5) is 0. The average molecular weight is 183 g/mol. The van der Waals surface area contributed by atoms with Crippen molar-refractivity contribution >= 4 is 0 Å². The SMILES string of the molecule is C=CCC(N)CC(C)CCCCC. The van der Waals surface area contributed by atoms with E-state index in [0.29, 0.717) is 6.04 Å². The van der Waals surface area contributed by atoms with Gasteiger partial charge in [0.2, 0.25) is 0 Å². The van der Waals surface area contributed by atoms with Crippen LogP contribution in [0.3, 0.4) is 0 Å². The Balaban J connectivity index is 3.37. The van der Waals surface area contributed by atoms with E-state index in [1.807, 2.05) is 6.08 Å². The van der Waals surface area contributed by atoms with Crippen molar-refractivity contribution in [3.8, 4) is 0 Å². The lowest BCUT2D eigenvalue weighted by Gasteiger charge is -2.15. The van der Waals surface area contributed by atoms with Crippen LogP contribution in [0.25, 0.3) is 0 Å². The maximum absolute atomic E-state index is 5.92. The van der Waals surface area contributed by atoms with E-state index in [2.05, 4.69) is 20.4 Å². The molecule has 0 bridgehead atoms. The number of unbranched alkanes of at least 4 members (excludes halogenated alkanes) is 2. The molecule has 0 aromatic carbocycles. The minimum absolute atomic E-state index is 0.328. The van der Waals surface area contributed by atoms with Crippen LogP contribution in [0.4, 0.5) is 0 Å². The molecule has 2 N–H and O–H groups in total. The molecule has 0 rings (SSSR count). The predicted octanol–water partition coefficient (Wildman–Crippen LogP) is 3.50. The molecule has 0 fully saturated rings. The molecule has 0 aromatic heterocycles. The van der Waals surface area contributed by atoms with Crippen LogP contribution in [0.2, 0.25) is 0 Å². The van der Waals surface area contributed by atoms with E-state index in [1.54, 1.807) is 0 Å². The molecule has 0 aliphatic heterocycles. The molecule has 1 heteroatoms. The van der Waals surface area contributed by atoms with E-state index in [9.17, 15) is 0 Å². The van der Waals surface area contributed by atoms with Crippen molar-refractivity contribution in [2.45, 2.75) is 58.4 Å². The summed E-state index contributed by atoms with van der Waals surface area (Å²) in [5.74, 6) is 0.779. The van der Waals surface area contributed by atoms with Gasteiger partial charge >= 0.3 is 0 Å². The van der Waals surface area contributed by atoms with E-state index in [4.69, 9.17) is 5.73 Å². The van der Waals surface area contributed by atoms with E-state index in [1.165, 1.54) is 25.7 Å². The van der Waals surface area contributed by atoms with Crippen molar-refractivity contribution in [2.24, 2.45) is 11.7 Å².